The van der Waals surface area contributed by atoms with Gasteiger partial charge in [0.2, 0.25) is 0 Å². The Labute approximate surface area is 109 Å². The molecular formula is C14H15FN2O2. The summed E-state index contributed by atoms with van der Waals surface area (Å²) in [4.78, 5) is 24.4. The van der Waals surface area contributed by atoms with Crippen LogP contribution in [0.25, 0.3) is 5.69 Å². The minimum absolute atomic E-state index is 0.00555. The van der Waals surface area contributed by atoms with E-state index >= 15 is 0 Å². The molecule has 5 heteroatoms. The van der Waals surface area contributed by atoms with Crippen molar-refractivity contribution in [3.8, 4) is 5.69 Å². The van der Waals surface area contributed by atoms with Gasteiger partial charge in [0.15, 0.2) is 0 Å². The molecule has 0 amide bonds. The standard InChI is InChI=1S/C14H15FN2O2/c1-9(2)12-8-16(3)14(19)17(13(12)18)11-6-4-10(15)5-7-11/h4-9H,1-3H3. The van der Waals surface area contributed by atoms with E-state index in [9.17, 15) is 14.0 Å². The molecular weight excluding hydrogens is 247 g/mol. The molecule has 2 rings (SSSR count). The normalized spacial score (nSPS) is 11.0. The Balaban J connectivity index is 2.79. The van der Waals surface area contributed by atoms with Crippen molar-refractivity contribution in [3.05, 3.63) is 62.7 Å². The predicted molar refractivity (Wildman–Crippen MR) is 71.3 cm³/mol. The second kappa shape index (κ2) is 4.84. The van der Waals surface area contributed by atoms with Gasteiger partial charge in [0.05, 0.1) is 5.69 Å². The Morgan fingerprint density at radius 2 is 1.68 bits per heavy atom. The summed E-state index contributed by atoms with van der Waals surface area (Å²) in [6.45, 7) is 3.77. The predicted octanol–water partition coefficient (Wildman–Crippen LogP) is 1.80. The lowest BCUT2D eigenvalue weighted by molar-refractivity contribution is 0.626. The first kappa shape index (κ1) is 13.3. The number of hydrogen-bond acceptors (Lipinski definition) is 2. The van der Waals surface area contributed by atoms with E-state index in [0.717, 1.165) is 4.57 Å². The Kier molecular flexibility index (Phi) is 3.38. The highest BCUT2D eigenvalue weighted by atomic mass is 19.1. The minimum Gasteiger partial charge on any atom is -0.303 e. The quantitative estimate of drug-likeness (QED) is 0.828. The van der Waals surface area contributed by atoms with Crippen molar-refractivity contribution in [1.82, 2.24) is 9.13 Å². The first-order valence-corrected chi connectivity index (χ1v) is 6.00. The molecule has 0 spiro atoms. The lowest BCUT2D eigenvalue weighted by atomic mass is 10.1. The average Bonchev–Trinajstić information content (AvgIpc) is 2.36. The van der Waals surface area contributed by atoms with E-state index in [2.05, 4.69) is 0 Å². The third-order valence-electron chi connectivity index (χ3n) is 2.98. The van der Waals surface area contributed by atoms with Crippen molar-refractivity contribution in [3.63, 3.8) is 0 Å². The molecule has 0 radical (unpaired) electrons. The lowest BCUT2D eigenvalue weighted by Gasteiger charge is -2.12. The second-order valence-corrected chi connectivity index (χ2v) is 4.75. The molecule has 0 aliphatic carbocycles. The van der Waals surface area contributed by atoms with Crippen LogP contribution in [0.15, 0.2) is 40.1 Å². The zero-order valence-electron chi connectivity index (χ0n) is 11.1. The summed E-state index contributed by atoms with van der Waals surface area (Å²) in [7, 11) is 1.59. The summed E-state index contributed by atoms with van der Waals surface area (Å²) in [5, 5.41) is 0. The van der Waals surface area contributed by atoms with E-state index < -0.39 is 11.5 Å². The van der Waals surface area contributed by atoms with E-state index in [1.165, 1.54) is 28.8 Å². The minimum atomic E-state index is -0.444. The third kappa shape index (κ3) is 2.36. The fraction of sp³-hybridized carbons (Fsp3) is 0.286. The van der Waals surface area contributed by atoms with Gasteiger partial charge in [-0.2, -0.15) is 0 Å². The third-order valence-corrected chi connectivity index (χ3v) is 2.98. The van der Waals surface area contributed by atoms with Gasteiger partial charge in [-0.1, -0.05) is 13.8 Å². The van der Waals surface area contributed by atoms with Crippen molar-refractivity contribution in [2.24, 2.45) is 7.05 Å². The van der Waals surface area contributed by atoms with Crippen LogP contribution in [-0.4, -0.2) is 9.13 Å². The average molecular weight is 262 g/mol. The monoisotopic (exact) mass is 262 g/mol. The van der Waals surface area contributed by atoms with Crippen molar-refractivity contribution in [1.29, 1.82) is 0 Å². The first-order valence-electron chi connectivity index (χ1n) is 6.00. The molecule has 2 aromatic rings. The van der Waals surface area contributed by atoms with Crippen LogP contribution in [0.5, 0.6) is 0 Å². The maximum absolute atomic E-state index is 12.9. The highest BCUT2D eigenvalue weighted by Crippen LogP contribution is 2.09. The van der Waals surface area contributed by atoms with Gasteiger partial charge in [0.1, 0.15) is 5.82 Å². The van der Waals surface area contributed by atoms with Gasteiger partial charge in [0.25, 0.3) is 5.56 Å². The molecule has 0 aliphatic heterocycles. The fourth-order valence-electron chi connectivity index (χ4n) is 1.91. The zero-order chi connectivity index (χ0) is 14.2. The molecule has 0 aliphatic rings. The van der Waals surface area contributed by atoms with Gasteiger partial charge in [0, 0.05) is 18.8 Å². The van der Waals surface area contributed by atoms with Gasteiger partial charge >= 0.3 is 5.69 Å². The maximum Gasteiger partial charge on any atom is 0.335 e. The van der Waals surface area contributed by atoms with E-state index in [1.54, 1.807) is 13.2 Å². The Morgan fingerprint density at radius 3 is 2.21 bits per heavy atom. The summed E-state index contributed by atoms with van der Waals surface area (Å²) in [6.07, 6.45) is 1.55. The number of nitrogens with zero attached hydrogens (tertiary/aromatic N) is 2. The number of hydrogen-bond donors (Lipinski definition) is 0. The summed E-state index contributed by atoms with van der Waals surface area (Å²) in [5.74, 6) is -0.403. The maximum atomic E-state index is 12.9. The second-order valence-electron chi connectivity index (χ2n) is 4.75. The van der Waals surface area contributed by atoms with Crippen molar-refractivity contribution in [2.45, 2.75) is 19.8 Å². The molecule has 0 saturated carbocycles. The molecule has 0 unspecified atom stereocenters. The largest absolute Gasteiger partial charge is 0.335 e. The Hall–Kier alpha value is -2.17. The van der Waals surface area contributed by atoms with E-state index in [4.69, 9.17) is 0 Å². The van der Waals surface area contributed by atoms with Gasteiger partial charge in [-0.05, 0) is 30.2 Å². The molecule has 100 valence electrons. The first-order chi connectivity index (χ1) is 8.91. The van der Waals surface area contributed by atoms with Gasteiger partial charge in [-0.25, -0.2) is 13.8 Å². The molecule has 0 atom stereocenters. The number of benzene rings is 1. The van der Waals surface area contributed by atoms with Crippen LogP contribution in [0.4, 0.5) is 4.39 Å². The molecule has 4 nitrogen and oxygen atoms in total. The topological polar surface area (TPSA) is 44.0 Å². The van der Waals surface area contributed by atoms with E-state index in [0.29, 0.717) is 11.3 Å². The number of aryl methyl sites for hydroxylation is 1. The van der Waals surface area contributed by atoms with Crippen molar-refractivity contribution < 1.29 is 4.39 Å². The van der Waals surface area contributed by atoms with Crippen LogP contribution in [0.1, 0.15) is 25.3 Å². The zero-order valence-corrected chi connectivity index (χ0v) is 11.1. The molecule has 1 heterocycles. The fourth-order valence-corrected chi connectivity index (χ4v) is 1.91. The van der Waals surface area contributed by atoms with Crippen LogP contribution in [0.3, 0.4) is 0 Å². The van der Waals surface area contributed by atoms with E-state index in [-0.39, 0.29) is 11.5 Å². The smallest absolute Gasteiger partial charge is 0.303 e. The van der Waals surface area contributed by atoms with Gasteiger partial charge in [-0.15, -0.1) is 0 Å². The van der Waals surface area contributed by atoms with Crippen molar-refractivity contribution in [2.75, 3.05) is 0 Å². The molecule has 1 aromatic carbocycles. The number of rotatable bonds is 2. The van der Waals surface area contributed by atoms with E-state index in [1.807, 2.05) is 13.8 Å². The van der Waals surface area contributed by atoms with Crippen molar-refractivity contribution >= 4 is 0 Å². The summed E-state index contributed by atoms with van der Waals surface area (Å²) >= 11 is 0. The number of halogens is 1. The van der Waals surface area contributed by atoms with Crippen LogP contribution < -0.4 is 11.2 Å². The molecule has 0 bridgehead atoms. The van der Waals surface area contributed by atoms with Gasteiger partial charge < -0.3 is 4.57 Å². The molecule has 0 fully saturated rings. The molecule has 1 aromatic heterocycles. The highest BCUT2D eigenvalue weighted by Gasteiger charge is 2.13. The van der Waals surface area contributed by atoms with Crippen LogP contribution in [0, 0.1) is 5.82 Å². The molecule has 0 N–H and O–H groups in total. The number of aromatic nitrogens is 2. The van der Waals surface area contributed by atoms with Gasteiger partial charge in [-0.3, -0.25) is 4.79 Å². The summed E-state index contributed by atoms with van der Waals surface area (Å²) in [5.41, 5.74) is 0.117. The Morgan fingerprint density at radius 1 is 1.11 bits per heavy atom. The Bertz CT molecular complexity index is 712. The van der Waals surface area contributed by atoms with Crippen LogP contribution in [-0.2, 0) is 7.05 Å². The van der Waals surface area contributed by atoms with Crippen LogP contribution >= 0.6 is 0 Å². The summed E-state index contributed by atoms with van der Waals surface area (Å²) in [6, 6.07) is 5.29. The molecule has 0 saturated heterocycles. The van der Waals surface area contributed by atoms with Crippen LogP contribution in [0.2, 0.25) is 0 Å². The lowest BCUT2D eigenvalue weighted by Crippen LogP contribution is -2.39. The SMILES string of the molecule is CC(C)c1cn(C)c(=O)n(-c2ccc(F)cc2)c1=O. The highest BCUT2D eigenvalue weighted by molar-refractivity contribution is 5.32. The molecule has 19 heavy (non-hydrogen) atoms. The summed E-state index contributed by atoms with van der Waals surface area (Å²) < 4.78 is 15.3.